The summed E-state index contributed by atoms with van der Waals surface area (Å²) >= 11 is 6.02. The molecule has 0 saturated carbocycles. The van der Waals surface area contributed by atoms with Crippen molar-refractivity contribution in [2.45, 2.75) is 12.6 Å². The minimum absolute atomic E-state index is 0.0196. The molecule has 1 saturated heterocycles. The van der Waals surface area contributed by atoms with Crippen molar-refractivity contribution in [2.24, 2.45) is 0 Å². The van der Waals surface area contributed by atoms with Crippen LogP contribution in [-0.4, -0.2) is 26.8 Å². The lowest BCUT2D eigenvalue weighted by atomic mass is 9.95. The van der Waals surface area contributed by atoms with Crippen LogP contribution in [0, 0.1) is 0 Å². The highest BCUT2D eigenvalue weighted by molar-refractivity contribution is 6.46. The minimum Gasteiger partial charge on any atom is -0.508 e. The predicted octanol–water partition coefficient (Wildman–Crippen LogP) is 4.26. The number of carbonyl (C=O) groups excluding carboxylic acids is 2. The maximum absolute atomic E-state index is 12.9. The lowest BCUT2D eigenvalue weighted by molar-refractivity contribution is -0.140. The number of rotatable bonds is 4. The molecule has 6 nitrogen and oxygen atoms in total. The van der Waals surface area contributed by atoms with Crippen LogP contribution >= 0.6 is 11.6 Å². The molecule has 1 unspecified atom stereocenters. The van der Waals surface area contributed by atoms with E-state index in [2.05, 4.69) is 0 Å². The second-order valence-corrected chi connectivity index (χ2v) is 7.05. The third kappa shape index (κ3) is 3.50. The Morgan fingerprint density at radius 3 is 2.55 bits per heavy atom. The maximum Gasteiger partial charge on any atom is 0.296 e. The molecule has 29 heavy (non-hydrogen) atoms. The highest BCUT2D eigenvalue weighted by Gasteiger charge is 2.46. The van der Waals surface area contributed by atoms with Crippen molar-refractivity contribution in [3.63, 3.8) is 0 Å². The second kappa shape index (κ2) is 7.48. The van der Waals surface area contributed by atoms with Crippen LogP contribution in [-0.2, 0) is 16.1 Å². The molecule has 1 amide bonds. The molecule has 2 N–H and O–H groups in total. The topological polar surface area (TPSA) is 91.0 Å². The predicted molar refractivity (Wildman–Crippen MR) is 106 cm³/mol. The van der Waals surface area contributed by atoms with Gasteiger partial charge in [-0.15, -0.1) is 0 Å². The van der Waals surface area contributed by atoms with Crippen LogP contribution in [0.4, 0.5) is 0 Å². The molecule has 0 bridgehead atoms. The van der Waals surface area contributed by atoms with E-state index in [9.17, 15) is 19.8 Å². The van der Waals surface area contributed by atoms with E-state index in [4.69, 9.17) is 16.0 Å². The van der Waals surface area contributed by atoms with Crippen LogP contribution in [0.15, 0.2) is 76.9 Å². The Morgan fingerprint density at radius 2 is 1.86 bits per heavy atom. The molecule has 1 fully saturated rings. The second-order valence-electron chi connectivity index (χ2n) is 6.61. The zero-order valence-electron chi connectivity index (χ0n) is 15.1. The Balaban J connectivity index is 1.89. The van der Waals surface area contributed by atoms with E-state index < -0.39 is 17.7 Å². The zero-order chi connectivity index (χ0) is 20.5. The molecule has 0 radical (unpaired) electrons. The molecule has 4 rings (SSSR count). The van der Waals surface area contributed by atoms with E-state index in [1.165, 1.54) is 29.4 Å². The molecular formula is C22H16ClNO5. The first-order chi connectivity index (χ1) is 14.0. The Labute approximate surface area is 171 Å². The van der Waals surface area contributed by atoms with Crippen molar-refractivity contribution in [2.75, 3.05) is 0 Å². The summed E-state index contributed by atoms with van der Waals surface area (Å²) in [5.41, 5.74) is 0.729. The first-order valence-electron chi connectivity index (χ1n) is 8.81. The van der Waals surface area contributed by atoms with Crippen LogP contribution < -0.4 is 0 Å². The Morgan fingerprint density at radius 1 is 1.07 bits per heavy atom. The number of halogens is 1. The number of amides is 1. The maximum atomic E-state index is 12.9. The molecule has 0 spiro atoms. The standard InChI is InChI=1S/C22H16ClNO5/c23-15-6-1-5-14(10-15)20(26)18-19(13-4-2-7-16(25)11-13)24(22(28)21(18)27)12-17-8-3-9-29-17/h1-11,19,25-26H,12H2/b20-18-. The van der Waals surface area contributed by atoms with E-state index >= 15 is 0 Å². The summed E-state index contributed by atoms with van der Waals surface area (Å²) < 4.78 is 5.33. The van der Waals surface area contributed by atoms with Crippen LogP contribution in [0.1, 0.15) is 22.9 Å². The number of aliphatic hydroxyl groups is 1. The SMILES string of the molecule is O=C1C(=O)N(Cc2ccco2)C(c2cccc(O)c2)/C1=C(/O)c1cccc(Cl)c1. The van der Waals surface area contributed by atoms with Crippen LogP contribution in [0.5, 0.6) is 5.75 Å². The number of carbonyl (C=O) groups is 2. The lowest BCUT2D eigenvalue weighted by Crippen LogP contribution is -2.29. The number of hydrogen-bond acceptors (Lipinski definition) is 5. The molecular weight excluding hydrogens is 394 g/mol. The number of aromatic hydroxyl groups is 1. The number of hydrogen-bond donors (Lipinski definition) is 2. The molecule has 0 aliphatic carbocycles. The molecule has 1 aliphatic heterocycles. The van der Waals surface area contributed by atoms with Gasteiger partial charge in [-0.1, -0.05) is 35.9 Å². The lowest BCUT2D eigenvalue weighted by Gasteiger charge is -2.24. The molecule has 2 heterocycles. The van der Waals surface area contributed by atoms with Crippen molar-refractivity contribution in [3.8, 4) is 5.75 Å². The van der Waals surface area contributed by atoms with Crippen molar-refractivity contribution in [1.29, 1.82) is 0 Å². The molecule has 146 valence electrons. The first-order valence-corrected chi connectivity index (χ1v) is 9.19. The van der Waals surface area contributed by atoms with Gasteiger partial charge in [0, 0.05) is 10.6 Å². The van der Waals surface area contributed by atoms with Gasteiger partial charge in [0.2, 0.25) is 0 Å². The van der Waals surface area contributed by atoms with Crippen molar-refractivity contribution >= 4 is 29.1 Å². The average molecular weight is 410 g/mol. The van der Waals surface area contributed by atoms with E-state index in [0.29, 0.717) is 21.9 Å². The van der Waals surface area contributed by atoms with Crippen molar-refractivity contribution < 1.29 is 24.2 Å². The van der Waals surface area contributed by atoms with Crippen molar-refractivity contribution in [1.82, 2.24) is 4.90 Å². The quantitative estimate of drug-likeness (QED) is 0.381. The van der Waals surface area contributed by atoms with E-state index in [1.54, 1.807) is 42.5 Å². The van der Waals surface area contributed by atoms with Gasteiger partial charge in [-0.3, -0.25) is 9.59 Å². The summed E-state index contributed by atoms with van der Waals surface area (Å²) in [6.07, 6.45) is 1.47. The number of nitrogens with zero attached hydrogens (tertiary/aromatic N) is 1. The molecule has 3 aromatic rings. The van der Waals surface area contributed by atoms with Crippen LogP contribution in [0.2, 0.25) is 5.02 Å². The van der Waals surface area contributed by atoms with Gasteiger partial charge in [-0.25, -0.2) is 0 Å². The largest absolute Gasteiger partial charge is 0.508 e. The van der Waals surface area contributed by atoms with Gasteiger partial charge in [-0.05, 0) is 42.0 Å². The summed E-state index contributed by atoms with van der Waals surface area (Å²) in [5, 5.41) is 21.2. The van der Waals surface area contributed by atoms with E-state index in [1.807, 2.05) is 0 Å². The number of phenolic OH excluding ortho intramolecular Hbond substituents is 1. The molecule has 2 aromatic carbocycles. The third-order valence-corrected chi connectivity index (χ3v) is 4.97. The van der Waals surface area contributed by atoms with E-state index in [0.717, 1.165) is 0 Å². The molecule has 1 aliphatic rings. The number of ketones is 1. The molecule has 1 atom stereocenters. The highest BCUT2D eigenvalue weighted by atomic mass is 35.5. The minimum atomic E-state index is -0.897. The van der Waals surface area contributed by atoms with Crippen LogP contribution in [0.3, 0.4) is 0 Å². The fraction of sp³-hybridized carbons (Fsp3) is 0.0909. The van der Waals surface area contributed by atoms with Crippen molar-refractivity contribution in [3.05, 3.63) is 94.4 Å². The summed E-state index contributed by atoms with van der Waals surface area (Å²) in [7, 11) is 0. The molecule has 7 heteroatoms. The van der Waals surface area contributed by atoms with Crippen LogP contribution in [0.25, 0.3) is 5.76 Å². The monoisotopic (exact) mass is 409 g/mol. The fourth-order valence-electron chi connectivity index (χ4n) is 3.45. The smallest absolute Gasteiger partial charge is 0.296 e. The number of likely N-dealkylation sites (tertiary alicyclic amines) is 1. The first kappa shape index (κ1) is 18.8. The van der Waals surface area contributed by atoms with Gasteiger partial charge in [0.1, 0.15) is 17.3 Å². The average Bonchev–Trinajstić information content (AvgIpc) is 3.30. The Bertz CT molecular complexity index is 1120. The summed E-state index contributed by atoms with van der Waals surface area (Å²) in [6, 6.07) is 15.1. The van der Waals surface area contributed by atoms with Gasteiger partial charge in [-0.2, -0.15) is 0 Å². The normalized spacial score (nSPS) is 18.4. The van der Waals surface area contributed by atoms with Gasteiger partial charge in [0.15, 0.2) is 0 Å². The summed E-state index contributed by atoms with van der Waals surface area (Å²) in [4.78, 5) is 27.0. The van der Waals surface area contributed by atoms with E-state index in [-0.39, 0.29) is 23.6 Å². The Hall–Kier alpha value is -3.51. The Kier molecular flexibility index (Phi) is 4.86. The third-order valence-electron chi connectivity index (χ3n) is 4.73. The fourth-order valence-corrected chi connectivity index (χ4v) is 3.64. The van der Waals surface area contributed by atoms with Gasteiger partial charge < -0.3 is 19.5 Å². The van der Waals surface area contributed by atoms with Gasteiger partial charge >= 0.3 is 0 Å². The highest BCUT2D eigenvalue weighted by Crippen LogP contribution is 2.41. The molecule has 1 aromatic heterocycles. The van der Waals surface area contributed by atoms with Gasteiger partial charge in [0.25, 0.3) is 11.7 Å². The number of benzene rings is 2. The number of phenols is 1. The van der Waals surface area contributed by atoms with Gasteiger partial charge in [0.05, 0.1) is 24.4 Å². The summed E-state index contributed by atoms with van der Waals surface area (Å²) in [6.45, 7) is 0.0320. The number of aliphatic hydroxyl groups excluding tert-OH is 1. The number of furan rings is 1. The number of Topliss-reactive ketones (excluding diaryl/α,β-unsaturated/α-hetero) is 1. The summed E-state index contributed by atoms with van der Waals surface area (Å²) in [5.74, 6) is -1.45. The zero-order valence-corrected chi connectivity index (χ0v) is 15.8.